The Balaban J connectivity index is 2.96. The molecule has 0 saturated carbocycles. The lowest BCUT2D eigenvalue weighted by Crippen LogP contribution is -2.32. The Kier molecular flexibility index (Phi) is 3.25. The van der Waals surface area contributed by atoms with Gasteiger partial charge in [-0.15, -0.1) is 0 Å². The van der Waals surface area contributed by atoms with Crippen LogP contribution in [0.5, 0.6) is 0 Å². The van der Waals surface area contributed by atoms with E-state index in [0.717, 1.165) is 5.69 Å². The molecule has 3 heteroatoms. The zero-order valence-corrected chi connectivity index (χ0v) is 8.54. The molecule has 1 amide bonds. The zero-order valence-electron chi connectivity index (χ0n) is 7.73. The van der Waals surface area contributed by atoms with E-state index < -0.39 is 0 Å². The first-order valence-corrected chi connectivity index (χ1v) is 4.59. The highest BCUT2D eigenvalue weighted by atomic mass is 32.1. The molecule has 1 radical (unpaired) electrons. The lowest BCUT2D eigenvalue weighted by atomic mass is 10.2. The van der Waals surface area contributed by atoms with Crippen molar-refractivity contribution in [2.24, 2.45) is 0 Å². The second kappa shape index (κ2) is 4.23. The fourth-order valence-corrected chi connectivity index (χ4v) is 1.52. The molecule has 0 atom stereocenters. The molecule has 0 unspecified atom stereocenters. The highest BCUT2D eigenvalue weighted by molar-refractivity contribution is 7.96. The highest BCUT2D eigenvalue weighted by Crippen LogP contribution is 2.17. The van der Waals surface area contributed by atoms with Crippen molar-refractivity contribution < 1.29 is 4.79 Å². The van der Waals surface area contributed by atoms with Gasteiger partial charge in [-0.25, -0.2) is 0 Å². The molecule has 0 aromatic heterocycles. The summed E-state index contributed by atoms with van der Waals surface area (Å²) in [6, 6.07) is 9.56. The number of anilines is 1. The third kappa shape index (κ3) is 2.42. The van der Waals surface area contributed by atoms with Gasteiger partial charge in [-0.3, -0.25) is 9.69 Å². The van der Waals surface area contributed by atoms with Crippen molar-refractivity contribution >= 4 is 23.6 Å². The maximum atomic E-state index is 11.1. The van der Waals surface area contributed by atoms with Crippen LogP contribution in [-0.2, 0) is 0 Å². The van der Waals surface area contributed by atoms with E-state index in [4.69, 9.17) is 0 Å². The van der Waals surface area contributed by atoms with Gasteiger partial charge in [0.05, 0.1) is 0 Å². The van der Waals surface area contributed by atoms with Crippen LogP contribution in [0.2, 0.25) is 0 Å². The average molecular weight is 194 g/mol. The van der Waals surface area contributed by atoms with Crippen molar-refractivity contribution in [2.45, 2.75) is 19.9 Å². The van der Waals surface area contributed by atoms with E-state index >= 15 is 0 Å². The van der Waals surface area contributed by atoms with Crippen LogP contribution in [0.25, 0.3) is 0 Å². The van der Waals surface area contributed by atoms with Crippen molar-refractivity contribution in [3.05, 3.63) is 30.3 Å². The molecule has 0 N–H and O–H groups in total. The average Bonchev–Trinajstić information content (AvgIpc) is 2.04. The fraction of sp³-hybridized carbons (Fsp3) is 0.300. The standard InChI is InChI=1S/C10H12NOS/c1-8(2)11(10(12)13)9-6-4-3-5-7-9/h3-8H,1-2H3. The summed E-state index contributed by atoms with van der Waals surface area (Å²) < 4.78 is 0. The molecule has 1 aromatic carbocycles. The van der Waals surface area contributed by atoms with E-state index in [-0.39, 0.29) is 11.3 Å². The van der Waals surface area contributed by atoms with Crippen molar-refractivity contribution in [3.63, 3.8) is 0 Å². The number of carbonyl (C=O) groups excluding carboxylic acids is 1. The number of para-hydroxylation sites is 1. The Hall–Kier alpha value is -1.09. The SMILES string of the molecule is CC(C)N(C(=O)[S])c1ccccc1. The van der Waals surface area contributed by atoms with Crippen LogP contribution in [0.3, 0.4) is 0 Å². The summed E-state index contributed by atoms with van der Waals surface area (Å²) in [5.74, 6) is 0. The molecule has 2 nitrogen and oxygen atoms in total. The minimum Gasteiger partial charge on any atom is -0.297 e. The summed E-state index contributed by atoms with van der Waals surface area (Å²) in [6.45, 7) is 3.88. The second-order valence-corrected chi connectivity index (χ2v) is 3.41. The number of hydrogen-bond donors (Lipinski definition) is 0. The molecule has 0 heterocycles. The molecule has 0 saturated heterocycles. The van der Waals surface area contributed by atoms with Gasteiger partial charge < -0.3 is 0 Å². The van der Waals surface area contributed by atoms with Crippen LogP contribution in [0.15, 0.2) is 30.3 Å². The molecule has 0 fully saturated rings. The first kappa shape index (κ1) is 9.99. The summed E-state index contributed by atoms with van der Waals surface area (Å²) in [4.78, 5) is 12.7. The topological polar surface area (TPSA) is 20.3 Å². The maximum Gasteiger partial charge on any atom is 0.317 e. The van der Waals surface area contributed by atoms with Crippen LogP contribution in [0, 0.1) is 0 Å². The maximum absolute atomic E-state index is 11.1. The summed E-state index contributed by atoms with van der Waals surface area (Å²) in [5, 5.41) is -0.332. The molecule has 13 heavy (non-hydrogen) atoms. The largest absolute Gasteiger partial charge is 0.317 e. The summed E-state index contributed by atoms with van der Waals surface area (Å²) in [6.07, 6.45) is 0. The van der Waals surface area contributed by atoms with E-state index in [1.807, 2.05) is 44.2 Å². The van der Waals surface area contributed by atoms with E-state index in [2.05, 4.69) is 12.6 Å². The normalized spacial score (nSPS) is 10.1. The zero-order chi connectivity index (χ0) is 9.84. The Morgan fingerprint density at radius 1 is 1.31 bits per heavy atom. The number of rotatable bonds is 2. The molecule has 0 bridgehead atoms. The van der Waals surface area contributed by atoms with Crippen LogP contribution >= 0.6 is 12.6 Å². The van der Waals surface area contributed by atoms with Gasteiger partial charge in [0.1, 0.15) is 0 Å². The summed E-state index contributed by atoms with van der Waals surface area (Å²) in [7, 11) is 0. The second-order valence-electron chi connectivity index (χ2n) is 3.07. The van der Waals surface area contributed by atoms with Gasteiger partial charge >= 0.3 is 5.24 Å². The Morgan fingerprint density at radius 3 is 2.23 bits per heavy atom. The van der Waals surface area contributed by atoms with Gasteiger partial charge in [0, 0.05) is 11.7 Å². The van der Waals surface area contributed by atoms with Gasteiger partial charge in [-0.05, 0) is 38.6 Å². The van der Waals surface area contributed by atoms with Crippen LogP contribution in [0.1, 0.15) is 13.8 Å². The third-order valence-corrected chi connectivity index (χ3v) is 1.94. The fourth-order valence-electron chi connectivity index (χ4n) is 1.20. The van der Waals surface area contributed by atoms with Crippen molar-refractivity contribution in [1.82, 2.24) is 0 Å². The van der Waals surface area contributed by atoms with Gasteiger partial charge in [-0.2, -0.15) is 0 Å². The quantitative estimate of drug-likeness (QED) is 0.708. The minimum atomic E-state index is -0.332. The van der Waals surface area contributed by atoms with E-state index in [9.17, 15) is 4.79 Å². The highest BCUT2D eigenvalue weighted by Gasteiger charge is 2.15. The molecule has 0 aliphatic heterocycles. The van der Waals surface area contributed by atoms with Gasteiger partial charge in [-0.1, -0.05) is 18.2 Å². The number of hydrogen-bond acceptors (Lipinski definition) is 1. The summed E-state index contributed by atoms with van der Waals surface area (Å²) >= 11 is 4.65. The van der Waals surface area contributed by atoms with Crippen LogP contribution in [0.4, 0.5) is 10.5 Å². The predicted octanol–water partition coefficient (Wildman–Crippen LogP) is 3.22. The van der Waals surface area contributed by atoms with E-state index in [1.54, 1.807) is 4.90 Å². The Morgan fingerprint density at radius 2 is 1.85 bits per heavy atom. The van der Waals surface area contributed by atoms with Crippen LogP contribution in [-0.4, -0.2) is 11.3 Å². The lowest BCUT2D eigenvalue weighted by Gasteiger charge is -2.23. The third-order valence-electron chi connectivity index (χ3n) is 1.75. The number of benzene rings is 1. The molecule has 0 aliphatic rings. The molecular weight excluding hydrogens is 182 g/mol. The van der Waals surface area contributed by atoms with Crippen molar-refractivity contribution in [2.75, 3.05) is 4.90 Å². The van der Waals surface area contributed by atoms with E-state index in [1.165, 1.54) is 0 Å². The number of nitrogens with zero attached hydrogens (tertiary/aromatic N) is 1. The lowest BCUT2D eigenvalue weighted by molar-refractivity contribution is 0.264. The van der Waals surface area contributed by atoms with Gasteiger partial charge in [0.15, 0.2) is 0 Å². The Labute approximate surface area is 84.0 Å². The molecule has 0 aliphatic carbocycles. The van der Waals surface area contributed by atoms with Crippen LogP contribution < -0.4 is 4.90 Å². The van der Waals surface area contributed by atoms with Gasteiger partial charge in [0.25, 0.3) is 0 Å². The number of amides is 1. The Bertz CT molecular complexity index is 284. The smallest absolute Gasteiger partial charge is 0.297 e. The monoisotopic (exact) mass is 194 g/mol. The predicted molar refractivity (Wildman–Crippen MR) is 57.0 cm³/mol. The minimum absolute atomic E-state index is 0.104. The molecular formula is C10H12NOS. The van der Waals surface area contributed by atoms with Crippen molar-refractivity contribution in [3.8, 4) is 0 Å². The molecule has 0 spiro atoms. The van der Waals surface area contributed by atoms with Crippen molar-refractivity contribution in [1.29, 1.82) is 0 Å². The first-order valence-electron chi connectivity index (χ1n) is 4.18. The van der Waals surface area contributed by atoms with E-state index in [0.29, 0.717) is 0 Å². The van der Waals surface area contributed by atoms with Gasteiger partial charge in [0.2, 0.25) is 0 Å². The molecule has 1 aromatic rings. The summed E-state index contributed by atoms with van der Waals surface area (Å²) in [5.41, 5.74) is 0.859. The number of carbonyl (C=O) groups is 1. The molecule has 1 rings (SSSR count). The first-order chi connectivity index (χ1) is 6.13. The molecule has 69 valence electrons.